The molecule has 0 aliphatic heterocycles. The maximum Gasteiger partial charge on any atom is 0.204 e. The van der Waals surface area contributed by atoms with Gasteiger partial charge in [-0.1, -0.05) is 12.1 Å². The maximum absolute atomic E-state index is 13.0. The first-order valence-electron chi connectivity index (χ1n) is 7.59. The number of fused-ring (bicyclic) bond motifs is 1. The predicted octanol–water partition coefficient (Wildman–Crippen LogP) is 2.74. The standard InChI is InChI=1S/C19H19NO5/c1-22-11-7-5-10(6-8-11)14-16(20)15-12(17(14)21)9-13(23-2)18(24-3)19(15)25-4/h5-9H,20H2,1-4H3. The van der Waals surface area contributed by atoms with Crippen molar-refractivity contribution in [2.24, 2.45) is 5.73 Å². The molecular formula is C19H19NO5. The number of ketones is 1. The summed E-state index contributed by atoms with van der Waals surface area (Å²) in [5.41, 5.74) is 8.76. The molecule has 1 aliphatic rings. The lowest BCUT2D eigenvalue weighted by molar-refractivity contribution is 0.105. The number of rotatable bonds is 5. The SMILES string of the molecule is COc1ccc(C2=C(N)c3c(cc(OC)c(OC)c3OC)C2=O)cc1. The summed E-state index contributed by atoms with van der Waals surface area (Å²) in [6.07, 6.45) is 0. The van der Waals surface area contributed by atoms with Crippen LogP contribution in [0.4, 0.5) is 0 Å². The predicted molar refractivity (Wildman–Crippen MR) is 94.4 cm³/mol. The highest BCUT2D eigenvalue weighted by atomic mass is 16.5. The number of hydrogen-bond acceptors (Lipinski definition) is 6. The van der Waals surface area contributed by atoms with Gasteiger partial charge in [-0.05, 0) is 23.8 Å². The number of carbonyl (C=O) groups is 1. The van der Waals surface area contributed by atoms with Crippen molar-refractivity contribution in [3.8, 4) is 23.0 Å². The molecule has 2 aromatic rings. The Bertz CT molecular complexity index is 868. The van der Waals surface area contributed by atoms with Gasteiger partial charge in [0.15, 0.2) is 17.3 Å². The Morgan fingerprint density at radius 3 is 2.00 bits per heavy atom. The second-order valence-electron chi connectivity index (χ2n) is 5.41. The van der Waals surface area contributed by atoms with Crippen LogP contribution in [-0.2, 0) is 0 Å². The van der Waals surface area contributed by atoms with Gasteiger partial charge in [0.1, 0.15) is 5.75 Å². The van der Waals surface area contributed by atoms with Crippen molar-refractivity contribution < 1.29 is 23.7 Å². The Balaban J connectivity index is 2.22. The average Bonchev–Trinajstić information content (AvgIpc) is 2.90. The fourth-order valence-electron chi connectivity index (χ4n) is 3.03. The van der Waals surface area contributed by atoms with Gasteiger partial charge in [0, 0.05) is 5.56 Å². The molecule has 0 fully saturated rings. The Morgan fingerprint density at radius 2 is 1.48 bits per heavy atom. The van der Waals surface area contributed by atoms with E-state index in [0.29, 0.717) is 51.0 Å². The van der Waals surface area contributed by atoms with Gasteiger partial charge in [0.25, 0.3) is 0 Å². The molecule has 6 heteroatoms. The number of methoxy groups -OCH3 is 4. The lowest BCUT2D eigenvalue weighted by Gasteiger charge is -2.15. The van der Waals surface area contributed by atoms with E-state index in [-0.39, 0.29) is 5.78 Å². The molecule has 0 saturated heterocycles. The number of allylic oxidation sites excluding steroid dienone is 1. The molecule has 3 rings (SSSR count). The molecule has 0 saturated carbocycles. The van der Waals surface area contributed by atoms with Crippen molar-refractivity contribution in [3.05, 3.63) is 47.0 Å². The van der Waals surface area contributed by atoms with Crippen molar-refractivity contribution in [1.82, 2.24) is 0 Å². The van der Waals surface area contributed by atoms with Crippen LogP contribution < -0.4 is 24.7 Å². The molecule has 0 spiro atoms. The lowest BCUT2D eigenvalue weighted by Crippen LogP contribution is -2.03. The first-order chi connectivity index (χ1) is 12.1. The molecule has 0 bridgehead atoms. The molecule has 0 unspecified atom stereocenters. The molecular weight excluding hydrogens is 322 g/mol. The topological polar surface area (TPSA) is 80.0 Å². The van der Waals surface area contributed by atoms with Crippen LogP contribution >= 0.6 is 0 Å². The van der Waals surface area contributed by atoms with Gasteiger partial charge in [-0.15, -0.1) is 0 Å². The van der Waals surface area contributed by atoms with Crippen LogP contribution in [0.3, 0.4) is 0 Å². The van der Waals surface area contributed by atoms with Crippen LogP contribution in [0.1, 0.15) is 21.5 Å². The summed E-state index contributed by atoms with van der Waals surface area (Å²) in [5, 5.41) is 0. The van der Waals surface area contributed by atoms with Gasteiger partial charge in [-0.2, -0.15) is 0 Å². The van der Waals surface area contributed by atoms with Gasteiger partial charge >= 0.3 is 0 Å². The van der Waals surface area contributed by atoms with Crippen LogP contribution in [0.15, 0.2) is 30.3 Å². The van der Waals surface area contributed by atoms with E-state index in [2.05, 4.69) is 0 Å². The number of Topliss-reactive ketones (excluding diaryl/α,β-unsaturated/α-hetero) is 1. The summed E-state index contributed by atoms with van der Waals surface area (Å²) in [4.78, 5) is 13.0. The van der Waals surface area contributed by atoms with Gasteiger partial charge < -0.3 is 24.7 Å². The van der Waals surface area contributed by atoms with Crippen molar-refractivity contribution in [3.63, 3.8) is 0 Å². The first kappa shape index (κ1) is 16.7. The summed E-state index contributed by atoms with van der Waals surface area (Å²) in [7, 11) is 6.10. The highest BCUT2D eigenvalue weighted by Crippen LogP contribution is 2.49. The summed E-state index contributed by atoms with van der Waals surface area (Å²) < 4.78 is 21.3. The van der Waals surface area contributed by atoms with Crippen molar-refractivity contribution in [1.29, 1.82) is 0 Å². The minimum atomic E-state index is -0.183. The van der Waals surface area contributed by atoms with Gasteiger partial charge in [-0.3, -0.25) is 4.79 Å². The van der Waals surface area contributed by atoms with Crippen molar-refractivity contribution in [2.45, 2.75) is 0 Å². The normalized spacial score (nSPS) is 12.9. The minimum absolute atomic E-state index is 0.183. The summed E-state index contributed by atoms with van der Waals surface area (Å²) in [6, 6.07) is 8.79. The summed E-state index contributed by atoms with van der Waals surface area (Å²) >= 11 is 0. The highest BCUT2D eigenvalue weighted by molar-refractivity contribution is 6.40. The van der Waals surface area contributed by atoms with Gasteiger partial charge in [0.05, 0.1) is 45.3 Å². The van der Waals surface area contributed by atoms with E-state index < -0.39 is 0 Å². The van der Waals surface area contributed by atoms with E-state index in [1.165, 1.54) is 21.3 Å². The lowest BCUT2D eigenvalue weighted by atomic mass is 10.0. The van der Waals surface area contributed by atoms with Crippen LogP contribution in [0.25, 0.3) is 11.3 Å². The Labute approximate surface area is 145 Å². The van der Waals surface area contributed by atoms with Crippen LogP contribution in [-0.4, -0.2) is 34.2 Å². The third-order valence-corrected chi connectivity index (χ3v) is 4.22. The van der Waals surface area contributed by atoms with Crippen LogP contribution in [0.5, 0.6) is 23.0 Å². The van der Waals surface area contributed by atoms with E-state index in [0.717, 1.165) is 0 Å². The number of carbonyl (C=O) groups excluding carboxylic acids is 1. The molecule has 0 aromatic heterocycles. The number of benzene rings is 2. The zero-order chi connectivity index (χ0) is 18.1. The highest BCUT2D eigenvalue weighted by Gasteiger charge is 2.35. The number of nitrogens with two attached hydrogens (primary N) is 1. The van der Waals surface area contributed by atoms with Crippen molar-refractivity contribution in [2.75, 3.05) is 28.4 Å². The molecule has 1 aliphatic carbocycles. The molecule has 25 heavy (non-hydrogen) atoms. The van der Waals surface area contributed by atoms with Crippen molar-refractivity contribution >= 4 is 17.1 Å². The molecule has 0 amide bonds. The average molecular weight is 341 g/mol. The van der Waals surface area contributed by atoms with Gasteiger partial charge in [-0.25, -0.2) is 0 Å². The summed E-state index contributed by atoms with van der Waals surface area (Å²) in [5.74, 6) is 1.71. The Kier molecular flexibility index (Phi) is 4.27. The quantitative estimate of drug-likeness (QED) is 0.901. The number of hydrogen-bond donors (Lipinski definition) is 1. The second kappa shape index (κ2) is 6.39. The molecule has 0 atom stereocenters. The second-order valence-corrected chi connectivity index (χ2v) is 5.41. The maximum atomic E-state index is 13.0. The molecule has 0 heterocycles. The molecule has 0 radical (unpaired) electrons. The molecule has 6 nitrogen and oxygen atoms in total. The molecule has 2 aromatic carbocycles. The largest absolute Gasteiger partial charge is 0.497 e. The van der Waals surface area contributed by atoms with Crippen LogP contribution in [0.2, 0.25) is 0 Å². The summed E-state index contributed by atoms with van der Waals surface area (Å²) in [6.45, 7) is 0. The van der Waals surface area contributed by atoms with E-state index in [9.17, 15) is 4.79 Å². The minimum Gasteiger partial charge on any atom is -0.497 e. The fourth-order valence-corrected chi connectivity index (χ4v) is 3.03. The van der Waals surface area contributed by atoms with E-state index in [1.54, 1.807) is 37.4 Å². The first-order valence-corrected chi connectivity index (χ1v) is 7.59. The molecule has 130 valence electrons. The third-order valence-electron chi connectivity index (χ3n) is 4.22. The fraction of sp³-hybridized carbons (Fsp3) is 0.211. The van der Waals surface area contributed by atoms with E-state index >= 15 is 0 Å². The zero-order valence-corrected chi connectivity index (χ0v) is 14.5. The van der Waals surface area contributed by atoms with E-state index in [1.807, 2.05) is 0 Å². The smallest absolute Gasteiger partial charge is 0.204 e. The molecule has 2 N–H and O–H groups in total. The third kappa shape index (κ3) is 2.46. The van der Waals surface area contributed by atoms with Gasteiger partial charge in [0.2, 0.25) is 5.75 Å². The van der Waals surface area contributed by atoms with E-state index in [4.69, 9.17) is 24.7 Å². The Morgan fingerprint density at radius 1 is 0.840 bits per heavy atom. The van der Waals surface area contributed by atoms with Crippen LogP contribution in [0, 0.1) is 0 Å². The zero-order valence-electron chi connectivity index (χ0n) is 14.5. The number of ether oxygens (including phenoxy) is 4. The monoisotopic (exact) mass is 341 g/mol. The Hall–Kier alpha value is -3.15.